The number of non-ortho nitro benzene ring substituents is 1. The van der Waals surface area contributed by atoms with Gasteiger partial charge in [-0.3, -0.25) is 10.1 Å². The van der Waals surface area contributed by atoms with Crippen LogP contribution in [0.4, 0.5) is 10.1 Å². The number of rotatable bonds is 3. The third-order valence-electron chi connectivity index (χ3n) is 3.16. The normalized spacial score (nSPS) is 20.8. The van der Waals surface area contributed by atoms with Crippen LogP contribution in [-0.4, -0.2) is 36.8 Å². The summed E-state index contributed by atoms with van der Waals surface area (Å²) in [5, 5.41) is 10.5. The number of halogens is 1. The lowest BCUT2D eigenvalue weighted by atomic mass is 10.1. The lowest BCUT2D eigenvalue weighted by Crippen LogP contribution is -2.45. The molecule has 1 aromatic rings. The summed E-state index contributed by atoms with van der Waals surface area (Å²) in [6.07, 6.45) is 1.32. The number of nitro benzene ring substituents is 1. The maximum atomic E-state index is 13.8. The van der Waals surface area contributed by atoms with Crippen molar-refractivity contribution in [3.63, 3.8) is 0 Å². The Morgan fingerprint density at radius 2 is 2.15 bits per heavy atom. The molecule has 1 heterocycles. The fourth-order valence-electron chi connectivity index (χ4n) is 2.14. The molecule has 1 saturated heterocycles. The topological polar surface area (TPSA) is 107 Å². The van der Waals surface area contributed by atoms with Crippen molar-refractivity contribution in [2.24, 2.45) is 5.73 Å². The summed E-state index contributed by atoms with van der Waals surface area (Å²) < 4.78 is 39.5. The fraction of sp³-hybridized carbons (Fsp3) is 0.455. The van der Waals surface area contributed by atoms with Crippen molar-refractivity contribution in [3.05, 3.63) is 34.1 Å². The maximum Gasteiger partial charge on any atom is 0.272 e. The minimum Gasteiger partial charge on any atom is -0.327 e. The van der Waals surface area contributed by atoms with Gasteiger partial charge < -0.3 is 5.73 Å². The van der Waals surface area contributed by atoms with E-state index in [0.29, 0.717) is 12.5 Å². The maximum absolute atomic E-state index is 13.8. The Bertz CT molecular complexity index is 635. The molecule has 1 aromatic carbocycles. The quantitative estimate of drug-likeness (QED) is 0.658. The van der Waals surface area contributed by atoms with E-state index >= 15 is 0 Å². The second-order valence-corrected chi connectivity index (χ2v) is 6.54. The molecule has 0 aliphatic carbocycles. The first-order valence-corrected chi connectivity index (χ1v) is 7.46. The molecule has 0 radical (unpaired) electrons. The molecule has 0 spiro atoms. The third-order valence-corrected chi connectivity index (χ3v) is 5.06. The van der Waals surface area contributed by atoms with E-state index in [-0.39, 0.29) is 19.1 Å². The Morgan fingerprint density at radius 3 is 2.70 bits per heavy atom. The minimum atomic E-state index is -4.01. The number of hydrogen-bond donors (Lipinski definition) is 1. The fourth-order valence-corrected chi connectivity index (χ4v) is 3.72. The molecule has 9 heteroatoms. The SMILES string of the molecule is N[C@@H]1CCCN(S(=O)(=O)c2ccc([N+](=O)[O-])cc2F)C1. The smallest absolute Gasteiger partial charge is 0.272 e. The molecule has 0 aromatic heterocycles. The zero-order valence-corrected chi connectivity index (χ0v) is 11.3. The monoisotopic (exact) mass is 303 g/mol. The van der Waals surface area contributed by atoms with E-state index in [2.05, 4.69) is 0 Å². The van der Waals surface area contributed by atoms with Crippen LogP contribution < -0.4 is 5.73 Å². The first kappa shape index (κ1) is 14.8. The molecule has 2 N–H and O–H groups in total. The van der Waals surface area contributed by atoms with Gasteiger partial charge in [-0.15, -0.1) is 0 Å². The van der Waals surface area contributed by atoms with Gasteiger partial charge >= 0.3 is 0 Å². The van der Waals surface area contributed by atoms with Crippen molar-refractivity contribution >= 4 is 15.7 Å². The molecule has 0 bridgehead atoms. The third kappa shape index (κ3) is 2.79. The van der Waals surface area contributed by atoms with E-state index in [9.17, 15) is 22.9 Å². The molecular weight excluding hydrogens is 289 g/mol. The van der Waals surface area contributed by atoms with E-state index in [0.717, 1.165) is 22.9 Å². The predicted molar refractivity (Wildman–Crippen MR) is 69.0 cm³/mol. The number of hydrogen-bond acceptors (Lipinski definition) is 5. The van der Waals surface area contributed by atoms with Gasteiger partial charge in [0.1, 0.15) is 10.7 Å². The Balaban J connectivity index is 2.36. The minimum absolute atomic E-state index is 0.124. The zero-order chi connectivity index (χ0) is 14.9. The van der Waals surface area contributed by atoms with Crippen molar-refractivity contribution in [2.45, 2.75) is 23.8 Å². The molecule has 0 unspecified atom stereocenters. The molecule has 1 aliphatic rings. The number of nitro groups is 1. The number of benzene rings is 1. The summed E-state index contributed by atoms with van der Waals surface area (Å²) >= 11 is 0. The highest BCUT2D eigenvalue weighted by molar-refractivity contribution is 7.89. The molecule has 1 atom stereocenters. The Labute approximate surface area is 115 Å². The standard InChI is InChI=1S/C11H14FN3O4S/c12-10-6-9(15(16)17)3-4-11(10)20(18,19)14-5-1-2-8(13)7-14/h3-4,6,8H,1-2,5,7,13H2/t8-/m1/s1. The van der Waals surface area contributed by atoms with Crippen molar-refractivity contribution in [1.82, 2.24) is 4.31 Å². The summed E-state index contributed by atoms with van der Waals surface area (Å²) in [6, 6.07) is 2.22. The van der Waals surface area contributed by atoms with Gasteiger partial charge in [-0.25, -0.2) is 12.8 Å². The highest BCUT2D eigenvalue weighted by Gasteiger charge is 2.31. The van der Waals surface area contributed by atoms with E-state index < -0.39 is 31.3 Å². The van der Waals surface area contributed by atoms with E-state index in [1.165, 1.54) is 0 Å². The largest absolute Gasteiger partial charge is 0.327 e. The van der Waals surface area contributed by atoms with E-state index in [1.807, 2.05) is 0 Å². The lowest BCUT2D eigenvalue weighted by molar-refractivity contribution is -0.385. The number of nitrogens with two attached hydrogens (primary N) is 1. The highest BCUT2D eigenvalue weighted by Crippen LogP contribution is 2.25. The average molecular weight is 303 g/mol. The Hall–Kier alpha value is -1.58. The van der Waals surface area contributed by atoms with Crippen LogP contribution in [-0.2, 0) is 10.0 Å². The van der Waals surface area contributed by atoms with Crippen LogP contribution in [0, 0.1) is 15.9 Å². The Morgan fingerprint density at radius 1 is 1.45 bits per heavy atom. The molecule has 1 aliphatic heterocycles. The number of sulfonamides is 1. The van der Waals surface area contributed by atoms with Gasteiger partial charge in [0.15, 0.2) is 0 Å². The molecule has 20 heavy (non-hydrogen) atoms. The molecule has 110 valence electrons. The highest BCUT2D eigenvalue weighted by atomic mass is 32.2. The second-order valence-electron chi connectivity index (χ2n) is 4.64. The Kier molecular flexibility index (Phi) is 4.02. The van der Waals surface area contributed by atoms with Crippen LogP contribution in [0.1, 0.15) is 12.8 Å². The predicted octanol–water partition coefficient (Wildman–Crippen LogP) is 0.846. The van der Waals surface area contributed by atoms with Crippen molar-refractivity contribution in [1.29, 1.82) is 0 Å². The van der Waals surface area contributed by atoms with Crippen LogP contribution in [0.5, 0.6) is 0 Å². The van der Waals surface area contributed by atoms with Gasteiger partial charge in [0, 0.05) is 25.2 Å². The zero-order valence-electron chi connectivity index (χ0n) is 10.5. The van der Waals surface area contributed by atoms with Gasteiger partial charge in [0.05, 0.1) is 11.0 Å². The van der Waals surface area contributed by atoms with Crippen LogP contribution in [0.25, 0.3) is 0 Å². The van der Waals surface area contributed by atoms with E-state index in [1.54, 1.807) is 0 Å². The summed E-state index contributed by atoms with van der Waals surface area (Å²) in [5.74, 6) is -1.13. The van der Waals surface area contributed by atoms with Gasteiger partial charge in [-0.1, -0.05) is 0 Å². The molecule has 2 rings (SSSR count). The first-order chi connectivity index (χ1) is 9.32. The van der Waals surface area contributed by atoms with Gasteiger partial charge in [-0.2, -0.15) is 4.31 Å². The molecule has 0 saturated carbocycles. The van der Waals surface area contributed by atoms with Crippen molar-refractivity contribution in [2.75, 3.05) is 13.1 Å². The van der Waals surface area contributed by atoms with Gasteiger partial charge in [0.2, 0.25) is 10.0 Å². The van der Waals surface area contributed by atoms with Crippen molar-refractivity contribution < 1.29 is 17.7 Å². The number of piperidine rings is 1. The summed E-state index contributed by atoms with van der Waals surface area (Å²) in [6.45, 7) is 0.394. The van der Waals surface area contributed by atoms with Crippen LogP contribution in [0.15, 0.2) is 23.1 Å². The summed E-state index contributed by atoms with van der Waals surface area (Å²) in [7, 11) is -4.01. The molecule has 0 amide bonds. The lowest BCUT2D eigenvalue weighted by Gasteiger charge is -2.29. The van der Waals surface area contributed by atoms with Crippen LogP contribution >= 0.6 is 0 Å². The van der Waals surface area contributed by atoms with E-state index in [4.69, 9.17) is 5.73 Å². The van der Waals surface area contributed by atoms with Gasteiger partial charge in [-0.05, 0) is 18.9 Å². The van der Waals surface area contributed by atoms with Crippen LogP contribution in [0.2, 0.25) is 0 Å². The second kappa shape index (κ2) is 5.43. The van der Waals surface area contributed by atoms with Crippen molar-refractivity contribution in [3.8, 4) is 0 Å². The molecular formula is C11H14FN3O4S. The molecule has 7 nitrogen and oxygen atoms in total. The first-order valence-electron chi connectivity index (χ1n) is 6.02. The average Bonchev–Trinajstić information content (AvgIpc) is 2.38. The van der Waals surface area contributed by atoms with Gasteiger partial charge in [0.25, 0.3) is 5.69 Å². The summed E-state index contributed by atoms with van der Waals surface area (Å²) in [5.41, 5.74) is 5.22. The molecule has 1 fully saturated rings. The number of nitrogens with zero attached hydrogens (tertiary/aromatic N) is 2. The van der Waals surface area contributed by atoms with Crippen LogP contribution in [0.3, 0.4) is 0 Å². The summed E-state index contributed by atoms with van der Waals surface area (Å²) in [4.78, 5) is 9.18.